The first kappa shape index (κ1) is 43.2. The molecule has 6 atom stereocenters. The number of likely N-dealkylation sites (tertiary alicyclic amines) is 2. The molecule has 2 heterocycles. The van der Waals surface area contributed by atoms with Crippen LogP contribution >= 0.6 is 0 Å². The molecule has 13 nitrogen and oxygen atoms in total. The van der Waals surface area contributed by atoms with Crippen molar-refractivity contribution in [1.29, 1.82) is 0 Å². The number of carbonyl (C=O) groups is 6. The highest BCUT2D eigenvalue weighted by atomic mass is 16.2. The normalized spacial score (nSPS) is 18.2. The van der Waals surface area contributed by atoms with Gasteiger partial charge in [-0.3, -0.25) is 28.8 Å². The van der Waals surface area contributed by atoms with Gasteiger partial charge < -0.3 is 36.4 Å². The van der Waals surface area contributed by atoms with E-state index in [2.05, 4.69) is 50.3 Å². The Balaban J connectivity index is 1.42. The van der Waals surface area contributed by atoms with E-state index in [-0.39, 0.29) is 66.8 Å². The molecule has 0 spiro atoms. The van der Waals surface area contributed by atoms with E-state index in [1.807, 2.05) is 24.3 Å². The smallest absolute Gasteiger partial charge is 0.251 e. The van der Waals surface area contributed by atoms with Crippen molar-refractivity contribution in [1.82, 2.24) is 36.4 Å². The largest absolute Gasteiger partial charge is 0.350 e. The van der Waals surface area contributed by atoms with Crippen molar-refractivity contribution in [3.63, 3.8) is 0 Å². The van der Waals surface area contributed by atoms with E-state index in [4.69, 9.17) is 0 Å². The number of benzene rings is 2. The summed E-state index contributed by atoms with van der Waals surface area (Å²) < 4.78 is 0. The molecule has 2 saturated heterocycles. The van der Waals surface area contributed by atoms with Gasteiger partial charge in [-0.25, -0.2) is 0 Å². The van der Waals surface area contributed by atoms with Crippen LogP contribution in [0, 0.1) is 23.7 Å². The lowest BCUT2D eigenvalue weighted by molar-refractivity contribution is -0.137. The monoisotopic (exact) mass is 765 g/mol. The summed E-state index contributed by atoms with van der Waals surface area (Å²) in [6.45, 7) is 4.67. The molecule has 2 fully saturated rings. The molecule has 2 aliphatic rings. The SMILES string of the molecule is CN[C@@H](C)C(=O)N[C@@H](CC#CC#CC[C@H](NC(=O)[C@H](C)NC)C(=O)N1CCC[C@H]1CNC(=O)c1ccccc1)C(=O)N1CCC[C@H]1CCC(=O)c1ccccc1. The molecule has 0 unspecified atom stereocenters. The van der Waals surface area contributed by atoms with Crippen LogP contribution in [0.5, 0.6) is 0 Å². The van der Waals surface area contributed by atoms with Crippen molar-refractivity contribution in [3.05, 3.63) is 71.8 Å². The Morgan fingerprint density at radius 1 is 0.679 bits per heavy atom. The number of carbonyl (C=O) groups excluding carboxylic acids is 6. The molecule has 0 radical (unpaired) electrons. The Labute approximate surface area is 330 Å². The number of nitrogens with zero attached hydrogens (tertiary/aromatic N) is 2. The number of ketones is 1. The molecule has 298 valence electrons. The van der Waals surface area contributed by atoms with E-state index in [1.165, 1.54) is 0 Å². The van der Waals surface area contributed by atoms with E-state index in [0.717, 1.165) is 19.3 Å². The van der Waals surface area contributed by atoms with Crippen LogP contribution in [0.25, 0.3) is 0 Å². The van der Waals surface area contributed by atoms with Crippen LogP contribution in [-0.2, 0) is 19.2 Å². The van der Waals surface area contributed by atoms with E-state index in [1.54, 1.807) is 74.1 Å². The third-order valence-corrected chi connectivity index (χ3v) is 10.4. The second-order valence-corrected chi connectivity index (χ2v) is 14.2. The summed E-state index contributed by atoms with van der Waals surface area (Å²) in [6.07, 6.45) is 3.86. The molecular weight excluding hydrogens is 711 g/mol. The first-order chi connectivity index (χ1) is 27.0. The van der Waals surface area contributed by atoms with Gasteiger partial charge in [-0.2, -0.15) is 0 Å². The fourth-order valence-electron chi connectivity index (χ4n) is 6.78. The van der Waals surface area contributed by atoms with Crippen molar-refractivity contribution in [2.75, 3.05) is 33.7 Å². The van der Waals surface area contributed by atoms with Crippen LogP contribution in [0.1, 0.15) is 85.9 Å². The predicted octanol–water partition coefficient (Wildman–Crippen LogP) is 2.03. The molecule has 2 aliphatic heterocycles. The van der Waals surface area contributed by atoms with Gasteiger partial charge in [0.25, 0.3) is 5.91 Å². The number of amides is 5. The van der Waals surface area contributed by atoms with Gasteiger partial charge in [0.05, 0.1) is 12.1 Å². The molecule has 5 N–H and O–H groups in total. The lowest BCUT2D eigenvalue weighted by Gasteiger charge is -2.29. The van der Waals surface area contributed by atoms with Gasteiger partial charge in [0.15, 0.2) is 5.78 Å². The van der Waals surface area contributed by atoms with E-state index >= 15 is 0 Å². The van der Waals surface area contributed by atoms with Crippen LogP contribution in [0.4, 0.5) is 0 Å². The third-order valence-electron chi connectivity index (χ3n) is 10.4. The Hall–Kier alpha value is -5.50. The molecule has 2 aromatic rings. The molecule has 0 aliphatic carbocycles. The quantitative estimate of drug-likeness (QED) is 0.121. The van der Waals surface area contributed by atoms with Crippen molar-refractivity contribution < 1.29 is 28.8 Å². The van der Waals surface area contributed by atoms with Crippen molar-refractivity contribution in [2.45, 2.75) is 101 Å². The van der Waals surface area contributed by atoms with Crippen molar-refractivity contribution in [3.8, 4) is 23.7 Å². The molecule has 56 heavy (non-hydrogen) atoms. The van der Waals surface area contributed by atoms with Gasteiger partial charge >= 0.3 is 0 Å². The second kappa shape index (κ2) is 22.2. The Morgan fingerprint density at radius 2 is 1.14 bits per heavy atom. The Kier molecular flexibility index (Phi) is 17.1. The molecule has 13 heteroatoms. The average Bonchev–Trinajstić information content (AvgIpc) is 3.91. The Bertz CT molecular complexity index is 1670. The fraction of sp³-hybridized carbons (Fsp3) is 0.488. The van der Waals surface area contributed by atoms with E-state index < -0.39 is 24.2 Å². The summed E-state index contributed by atoms with van der Waals surface area (Å²) >= 11 is 0. The molecule has 4 rings (SSSR count). The number of Topliss-reactive ketones (excluding diaryl/α,β-unsaturated/α-hetero) is 1. The predicted molar refractivity (Wildman–Crippen MR) is 214 cm³/mol. The van der Waals surface area contributed by atoms with Crippen LogP contribution in [0.3, 0.4) is 0 Å². The van der Waals surface area contributed by atoms with Gasteiger partial charge in [0, 0.05) is 62.1 Å². The maximum atomic E-state index is 13.9. The summed E-state index contributed by atoms with van der Waals surface area (Å²) in [5.41, 5.74) is 1.17. The van der Waals surface area contributed by atoms with Crippen molar-refractivity contribution >= 4 is 35.3 Å². The van der Waals surface area contributed by atoms with Gasteiger partial charge in [-0.15, -0.1) is 0 Å². The minimum atomic E-state index is -0.949. The average molecular weight is 766 g/mol. The van der Waals surface area contributed by atoms with E-state index in [0.29, 0.717) is 43.5 Å². The second-order valence-electron chi connectivity index (χ2n) is 14.2. The summed E-state index contributed by atoms with van der Waals surface area (Å²) in [7, 11) is 3.31. The van der Waals surface area contributed by atoms with Crippen molar-refractivity contribution in [2.24, 2.45) is 0 Å². The van der Waals surface area contributed by atoms with Gasteiger partial charge in [-0.1, -0.05) is 60.4 Å². The standard InChI is InChI=1S/C43H55N7O6/c1-30(44-3)39(52)47-36(42(55)49-27-15-21-34(49)25-26-38(51)32-17-9-7-10-18-32)23-13-5-6-14-24-37(48-40(53)31(2)45-4)43(56)50-28-16-22-35(50)29-46-41(54)33-19-11-8-12-20-33/h7-12,17-20,30-31,34-37,44-45H,15-16,21-29H2,1-4H3,(H,46,54)(H,47,52)(H,48,53)/t30-,31-,34-,35-,36-,37-/m0/s1. The first-order valence-electron chi connectivity index (χ1n) is 19.5. The maximum Gasteiger partial charge on any atom is 0.251 e. The van der Waals surface area contributed by atoms with Crippen LogP contribution in [0.15, 0.2) is 60.7 Å². The number of hydrogen-bond acceptors (Lipinski definition) is 8. The zero-order valence-corrected chi connectivity index (χ0v) is 32.9. The molecule has 0 saturated carbocycles. The lowest BCUT2D eigenvalue weighted by Crippen LogP contribution is -2.54. The molecule has 0 aromatic heterocycles. The minimum absolute atomic E-state index is 0.00475. The summed E-state index contributed by atoms with van der Waals surface area (Å²) in [4.78, 5) is 82.4. The molecule has 5 amide bonds. The highest BCUT2D eigenvalue weighted by Crippen LogP contribution is 2.24. The highest BCUT2D eigenvalue weighted by molar-refractivity contribution is 5.96. The number of likely N-dealkylation sites (N-methyl/N-ethyl adjacent to an activating group) is 2. The highest BCUT2D eigenvalue weighted by Gasteiger charge is 2.35. The minimum Gasteiger partial charge on any atom is -0.350 e. The van der Waals surface area contributed by atoms with Gasteiger partial charge in [-0.05, 0) is 84.0 Å². The zero-order valence-electron chi connectivity index (χ0n) is 32.9. The maximum absolute atomic E-state index is 13.9. The van der Waals surface area contributed by atoms with E-state index in [9.17, 15) is 28.8 Å². The number of rotatable bonds is 17. The number of hydrogen-bond donors (Lipinski definition) is 5. The fourth-order valence-corrected chi connectivity index (χ4v) is 6.78. The van der Waals surface area contributed by atoms with Crippen LogP contribution < -0.4 is 26.6 Å². The zero-order chi connectivity index (χ0) is 40.5. The first-order valence-corrected chi connectivity index (χ1v) is 19.5. The van der Waals surface area contributed by atoms with Gasteiger partial charge in [0.2, 0.25) is 23.6 Å². The number of nitrogens with one attached hydrogen (secondary N) is 5. The molecular formula is C43H55N7O6. The Morgan fingerprint density at radius 3 is 1.64 bits per heavy atom. The van der Waals surface area contributed by atoms with Crippen LogP contribution in [-0.4, -0.2) is 115 Å². The summed E-state index contributed by atoms with van der Waals surface area (Å²) in [5, 5.41) is 14.4. The lowest BCUT2D eigenvalue weighted by atomic mass is 10.0. The third kappa shape index (κ3) is 12.5. The van der Waals surface area contributed by atoms with Gasteiger partial charge in [0.1, 0.15) is 12.1 Å². The summed E-state index contributed by atoms with van der Waals surface area (Å²) in [6, 6.07) is 14.6. The van der Waals surface area contributed by atoms with Crippen LogP contribution in [0.2, 0.25) is 0 Å². The summed E-state index contributed by atoms with van der Waals surface area (Å²) in [5.74, 6) is 9.90. The molecule has 0 bridgehead atoms. The topological polar surface area (TPSA) is 169 Å². The molecule has 2 aromatic carbocycles.